The number of nitrogens with one attached hydrogen (secondary N) is 2. The highest BCUT2D eigenvalue weighted by atomic mass is 35.5. The average Bonchev–Trinajstić information content (AvgIpc) is 2.59. The Morgan fingerprint density at radius 3 is 2.29 bits per heavy atom. The van der Waals surface area contributed by atoms with E-state index >= 15 is 0 Å². The summed E-state index contributed by atoms with van der Waals surface area (Å²) < 4.78 is 13.0. The SMILES string of the molecule is CCC(C#Cc1ccc(F)cc1)(CC)Nc1nc(Cl)nc(NC)n1. The van der Waals surface area contributed by atoms with E-state index in [1.165, 1.54) is 12.1 Å². The third-order valence-corrected chi connectivity index (χ3v) is 3.85. The van der Waals surface area contributed by atoms with Gasteiger partial charge in [-0.3, -0.25) is 0 Å². The molecular formula is C17H19ClFN5. The van der Waals surface area contributed by atoms with Gasteiger partial charge < -0.3 is 10.6 Å². The Bertz CT molecular complexity index is 748. The molecule has 0 spiro atoms. The van der Waals surface area contributed by atoms with E-state index < -0.39 is 5.54 Å². The van der Waals surface area contributed by atoms with Crippen molar-refractivity contribution in [3.63, 3.8) is 0 Å². The largest absolute Gasteiger partial charge is 0.357 e. The van der Waals surface area contributed by atoms with Crippen LogP contribution in [0, 0.1) is 17.7 Å². The number of nitrogens with zero attached hydrogens (tertiary/aromatic N) is 3. The molecule has 0 aliphatic carbocycles. The lowest BCUT2D eigenvalue weighted by Crippen LogP contribution is -2.36. The fourth-order valence-corrected chi connectivity index (χ4v) is 2.25. The second kappa shape index (κ2) is 7.93. The van der Waals surface area contributed by atoms with Gasteiger partial charge in [-0.15, -0.1) is 0 Å². The quantitative estimate of drug-likeness (QED) is 0.807. The van der Waals surface area contributed by atoms with E-state index in [1.54, 1.807) is 19.2 Å². The van der Waals surface area contributed by atoms with Crippen LogP contribution >= 0.6 is 11.6 Å². The molecule has 1 aromatic carbocycles. The highest BCUT2D eigenvalue weighted by Gasteiger charge is 2.25. The lowest BCUT2D eigenvalue weighted by molar-refractivity contribution is 0.550. The first-order chi connectivity index (χ1) is 11.5. The van der Waals surface area contributed by atoms with Crippen LogP contribution in [0.2, 0.25) is 5.28 Å². The van der Waals surface area contributed by atoms with Crippen LogP contribution in [0.25, 0.3) is 0 Å². The van der Waals surface area contributed by atoms with Crippen molar-refractivity contribution in [3.8, 4) is 11.8 Å². The van der Waals surface area contributed by atoms with Gasteiger partial charge in [-0.1, -0.05) is 25.7 Å². The van der Waals surface area contributed by atoms with Gasteiger partial charge in [0.25, 0.3) is 0 Å². The van der Waals surface area contributed by atoms with Crippen molar-refractivity contribution >= 4 is 23.5 Å². The molecule has 0 aliphatic heterocycles. The zero-order valence-corrected chi connectivity index (χ0v) is 14.6. The van der Waals surface area contributed by atoms with Gasteiger partial charge in [-0.2, -0.15) is 15.0 Å². The summed E-state index contributed by atoms with van der Waals surface area (Å²) in [7, 11) is 1.71. The van der Waals surface area contributed by atoms with Gasteiger partial charge in [-0.05, 0) is 48.7 Å². The Hall–Kier alpha value is -2.39. The molecule has 2 rings (SSSR count). The molecule has 0 fully saturated rings. The Balaban J connectivity index is 2.31. The third kappa shape index (κ3) is 4.56. The normalized spacial score (nSPS) is 10.7. The molecule has 2 N–H and O–H groups in total. The van der Waals surface area contributed by atoms with Gasteiger partial charge >= 0.3 is 0 Å². The molecule has 0 atom stereocenters. The van der Waals surface area contributed by atoms with Crippen LogP contribution in [-0.2, 0) is 0 Å². The van der Waals surface area contributed by atoms with Gasteiger partial charge in [0.2, 0.25) is 17.2 Å². The molecule has 0 radical (unpaired) electrons. The summed E-state index contributed by atoms with van der Waals surface area (Å²) in [6.07, 6.45) is 1.46. The molecule has 7 heteroatoms. The molecule has 0 bridgehead atoms. The lowest BCUT2D eigenvalue weighted by Gasteiger charge is -2.27. The maximum Gasteiger partial charge on any atom is 0.230 e. The monoisotopic (exact) mass is 347 g/mol. The van der Waals surface area contributed by atoms with E-state index in [2.05, 4.69) is 37.4 Å². The van der Waals surface area contributed by atoms with E-state index in [1.807, 2.05) is 13.8 Å². The van der Waals surface area contributed by atoms with Crippen LogP contribution < -0.4 is 10.6 Å². The molecule has 0 unspecified atom stereocenters. The van der Waals surface area contributed by atoms with Crippen molar-refractivity contribution in [1.29, 1.82) is 0 Å². The Morgan fingerprint density at radius 2 is 1.71 bits per heavy atom. The molecule has 0 saturated heterocycles. The van der Waals surface area contributed by atoms with Crippen LogP contribution in [0.15, 0.2) is 24.3 Å². The number of rotatable bonds is 5. The van der Waals surface area contributed by atoms with E-state index in [-0.39, 0.29) is 11.1 Å². The molecular weight excluding hydrogens is 329 g/mol. The van der Waals surface area contributed by atoms with Crippen LogP contribution in [0.1, 0.15) is 32.3 Å². The second-order valence-corrected chi connectivity index (χ2v) is 5.51. The van der Waals surface area contributed by atoms with Crippen molar-refractivity contribution in [3.05, 3.63) is 40.9 Å². The van der Waals surface area contributed by atoms with Crippen molar-refractivity contribution in [2.24, 2.45) is 0 Å². The van der Waals surface area contributed by atoms with Crippen LogP contribution in [0.3, 0.4) is 0 Å². The van der Waals surface area contributed by atoms with E-state index in [0.717, 1.165) is 18.4 Å². The first-order valence-corrected chi connectivity index (χ1v) is 8.04. The van der Waals surface area contributed by atoms with Crippen LogP contribution in [0.4, 0.5) is 16.3 Å². The summed E-state index contributed by atoms with van der Waals surface area (Å²) in [6.45, 7) is 4.05. The molecule has 1 aromatic heterocycles. The molecule has 2 aromatic rings. The van der Waals surface area contributed by atoms with Gasteiger partial charge in [-0.25, -0.2) is 4.39 Å². The summed E-state index contributed by atoms with van der Waals surface area (Å²) in [5.74, 6) is 6.76. The van der Waals surface area contributed by atoms with Crippen molar-refractivity contribution < 1.29 is 4.39 Å². The standard InChI is InChI=1S/C17H19ClFN5/c1-4-17(5-2,11-10-12-6-8-13(19)9-7-12)24-16-22-14(18)21-15(20-3)23-16/h6-9H,4-5H2,1-3H3,(H2,20,21,22,23,24). The van der Waals surface area contributed by atoms with Gasteiger partial charge in [0.05, 0.1) is 0 Å². The maximum absolute atomic E-state index is 13.0. The fraction of sp³-hybridized carbons (Fsp3) is 0.353. The zero-order valence-electron chi connectivity index (χ0n) is 13.8. The van der Waals surface area contributed by atoms with E-state index in [9.17, 15) is 4.39 Å². The maximum atomic E-state index is 13.0. The van der Waals surface area contributed by atoms with Crippen molar-refractivity contribution in [1.82, 2.24) is 15.0 Å². The summed E-state index contributed by atoms with van der Waals surface area (Å²) in [4.78, 5) is 12.3. The smallest absolute Gasteiger partial charge is 0.230 e. The average molecular weight is 348 g/mol. The second-order valence-electron chi connectivity index (χ2n) is 5.17. The Morgan fingerprint density at radius 1 is 1.08 bits per heavy atom. The van der Waals surface area contributed by atoms with Gasteiger partial charge in [0.15, 0.2) is 0 Å². The first-order valence-electron chi connectivity index (χ1n) is 7.66. The summed E-state index contributed by atoms with van der Waals surface area (Å²) in [5, 5.41) is 6.19. The number of hydrogen-bond acceptors (Lipinski definition) is 5. The number of anilines is 2. The molecule has 0 amide bonds. The van der Waals surface area contributed by atoms with E-state index in [4.69, 9.17) is 11.6 Å². The molecule has 0 saturated carbocycles. The third-order valence-electron chi connectivity index (χ3n) is 3.68. The van der Waals surface area contributed by atoms with Crippen LogP contribution in [-0.4, -0.2) is 27.5 Å². The molecule has 0 aliphatic rings. The first kappa shape index (κ1) is 18.0. The molecule has 24 heavy (non-hydrogen) atoms. The summed E-state index contributed by atoms with van der Waals surface area (Å²) >= 11 is 5.92. The van der Waals surface area contributed by atoms with Gasteiger partial charge in [0, 0.05) is 12.6 Å². The summed E-state index contributed by atoms with van der Waals surface area (Å²) in [6, 6.07) is 6.08. The summed E-state index contributed by atoms with van der Waals surface area (Å²) in [5.41, 5.74) is 0.221. The molecule has 1 heterocycles. The highest BCUT2D eigenvalue weighted by Crippen LogP contribution is 2.21. The number of hydrogen-bond donors (Lipinski definition) is 2. The zero-order chi connectivity index (χ0) is 17.6. The predicted molar refractivity (Wildman–Crippen MR) is 94.6 cm³/mol. The topological polar surface area (TPSA) is 62.7 Å². The Kier molecular flexibility index (Phi) is 5.93. The minimum atomic E-state index is -0.524. The minimum absolute atomic E-state index is 0.101. The van der Waals surface area contributed by atoms with Crippen molar-refractivity contribution in [2.45, 2.75) is 32.2 Å². The lowest BCUT2D eigenvalue weighted by atomic mass is 9.93. The van der Waals surface area contributed by atoms with Gasteiger partial charge in [0.1, 0.15) is 11.4 Å². The molecule has 5 nitrogen and oxygen atoms in total. The Labute approximate surface area is 146 Å². The fourth-order valence-electron chi connectivity index (χ4n) is 2.09. The highest BCUT2D eigenvalue weighted by molar-refractivity contribution is 6.28. The number of aromatic nitrogens is 3. The number of halogens is 2. The predicted octanol–water partition coefficient (Wildman–Crippen LogP) is 3.73. The number of benzene rings is 1. The molecule has 126 valence electrons. The minimum Gasteiger partial charge on any atom is -0.357 e. The van der Waals surface area contributed by atoms with Crippen LogP contribution in [0.5, 0.6) is 0 Å². The van der Waals surface area contributed by atoms with Crippen molar-refractivity contribution in [2.75, 3.05) is 17.7 Å². The van der Waals surface area contributed by atoms with E-state index in [0.29, 0.717) is 11.9 Å².